The summed E-state index contributed by atoms with van der Waals surface area (Å²) in [5.74, 6) is 2.24. The van der Waals surface area contributed by atoms with Crippen LogP contribution in [0.3, 0.4) is 0 Å². The van der Waals surface area contributed by atoms with Crippen LogP contribution in [0.4, 0.5) is 0 Å². The molecule has 1 aromatic carbocycles. The SMILES string of the molecule is c1ccc(CCc2noc(C3CC34CCNCC4)n2)cc1. The fraction of sp³-hybridized carbons (Fsp3) is 0.529. The lowest BCUT2D eigenvalue weighted by Crippen LogP contribution is -2.29. The Labute approximate surface area is 124 Å². The molecule has 21 heavy (non-hydrogen) atoms. The molecular formula is C17H21N3O. The van der Waals surface area contributed by atoms with E-state index in [1.807, 2.05) is 6.07 Å². The van der Waals surface area contributed by atoms with Gasteiger partial charge in [-0.2, -0.15) is 4.98 Å². The summed E-state index contributed by atoms with van der Waals surface area (Å²) in [6.45, 7) is 2.26. The molecule has 4 rings (SSSR count). The molecule has 0 amide bonds. The van der Waals surface area contributed by atoms with Crippen molar-refractivity contribution in [2.45, 2.75) is 38.0 Å². The first-order valence-electron chi connectivity index (χ1n) is 7.93. The predicted molar refractivity (Wildman–Crippen MR) is 80.0 cm³/mol. The van der Waals surface area contributed by atoms with Crippen molar-refractivity contribution >= 4 is 0 Å². The third-order valence-corrected chi connectivity index (χ3v) is 5.05. The van der Waals surface area contributed by atoms with Gasteiger partial charge in [-0.25, -0.2) is 0 Å². The summed E-state index contributed by atoms with van der Waals surface area (Å²) in [7, 11) is 0. The van der Waals surface area contributed by atoms with Crippen LogP contribution in [0.1, 0.15) is 42.5 Å². The highest BCUT2D eigenvalue weighted by Gasteiger charge is 2.57. The number of rotatable bonds is 4. The first kappa shape index (κ1) is 13.0. The number of nitrogens with zero attached hydrogens (tertiary/aromatic N) is 2. The summed E-state index contributed by atoms with van der Waals surface area (Å²) in [6.07, 6.45) is 5.56. The standard InChI is InChI=1S/C17H21N3O/c1-2-4-13(5-3-1)6-7-15-19-16(21-20-15)14-12-17(14)8-10-18-11-9-17/h1-5,14,18H,6-12H2. The molecule has 1 atom stereocenters. The number of nitrogens with one attached hydrogen (secondary N) is 1. The number of benzene rings is 1. The zero-order valence-electron chi connectivity index (χ0n) is 12.2. The largest absolute Gasteiger partial charge is 0.339 e. The highest BCUT2D eigenvalue weighted by Crippen LogP contribution is 2.63. The summed E-state index contributed by atoms with van der Waals surface area (Å²) in [5, 5.41) is 7.60. The molecule has 1 unspecified atom stereocenters. The Hall–Kier alpha value is -1.68. The van der Waals surface area contributed by atoms with Crippen LogP contribution in [0.2, 0.25) is 0 Å². The normalized spacial score (nSPS) is 23.3. The van der Waals surface area contributed by atoms with Gasteiger partial charge in [0.2, 0.25) is 5.89 Å². The molecule has 1 N–H and O–H groups in total. The van der Waals surface area contributed by atoms with Crippen LogP contribution in [0.15, 0.2) is 34.9 Å². The molecular weight excluding hydrogens is 262 g/mol. The van der Waals surface area contributed by atoms with E-state index < -0.39 is 0 Å². The lowest BCUT2D eigenvalue weighted by molar-refractivity contribution is 0.310. The molecule has 110 valence electrons. The molecule has 4 nitrogen and oxygen atoms in total. The maximum absolute atomic E-state index is 5.52. The quantitative estimate of drug-likeness (QED) is 0.937. The monoisotopic (exact) mass is 283 g/mol. The van der Waals surface area contributed by atoms with Gasteiger partial charge < -0.3 is 9.84 Å². The zero-order chi connectivity index (χ0) is 14.1. The van der Waals surface area contributed by atoms with E-state index in [2.05, 4.69) is 39.7 Å². The minimum Gasteiger partial charge on any atom is -0.339 e. The van der Waals surface area contributed by atoms with Crippen molar-refractivity contribution in [2.24, 2.45) is 5.41 Å². The van der Waals surface area contributed by atoms with Crippen molar-refractivity contribution in [3.05, 3.63) is 47.6 Å². The van der Waals surface area contributed by atoms with Gasteiger partial charge in [0.15, 0.2) is 5.82 Å². The third-order valence-electron chi connectivity index (χ3n) is 5.05. The van der Waals surface area contributed by atoms with Crippen LogP contribution in [0.25, 0.3) is 0 Å². The summed E-state index contributed by atoms with van der Waals surface area (Å²) >= 11 is 0. The Kier molecular flexibility index (Phi) is 3.26. The van der Waals surface area contributed by atoms with E-state index in [1.54, 1.807) is 0 Å². The molecule has 0 radical (unpaired) electrons. The summed E-state index contributed by atoms with van der Waals surface area (Å²) in [4.78, 5) is 4.64. The van der Waals surface area contributed by atoms with Gasteiger partial charge in [-0.1, -0.05) is 35.5 Å². The Morgan fingerprint density at radius 1 is 1.14 bits per heavy atom. The predicted octanol–water partition coefficient (Wildman–Crippen LogP) is 2.71. The van der Waals surface area contributed by atoms with Crippen LogP contribution >= 0.6 is 0 Å². The summed E-state index contributed by atoms with van der Waals surface area (Å²) < 4.78 is 5.52. The van der Waals surface area contributed by atoms with Gasteiger partial charge in [-0.3, -0.25) is 0 Å². The number of aromatic nitrogens is 2. The molecule has 4 heteroatoms. The first-order valence-corrected chi connectivity index (χ1v) is 7.93. The minimum atomic E-state index is 0.467. The lowest BCUT2D eigenvalue weighted by Gasteiger charge is -2.22. The number of aryl methyl sites for hydroxylation is 2. The number of piperidine rings is 1. The van der Waals surface area contributed by atoms with Crippen LogP contribution in [0, 0.1) is 5.41 Å². The van der Waals surface area contributed by atoms with E-state index in [1.165, 1.54) is 24.8 Å². The molecule has 2 aliphatic rings. The smallest absolute Gasteiger partial charge is 0.230 e. The topological polar surface area (TPSA) is 51.0 Å². The summed E-state index contributed by atoms with van der Waals surface area (Å²) in [6, 6.07) is 10.5. The van der Waals surface area contributed by atoms with E-state index in [0.717, 1.165) is 37.6 Å². The molecule has 1 saturated carbocycles. The van der Waals surface area contributed by atoms with E-state index in [9.17, 15) is 0 Å². The molecule has 1 aliphatic heterocycles. The van der Waals surface area contributed by atoms with E-state index in [-0.39, 0.29) is 0 Å². The average molecular weight is 283 g/mol. The maximum Gasteiger partial charge on any atom is 0.230 e. The fourth-order valence-corrected chi connectivity index (χ4v) is 3.59. The second-order valence-electron chi connectivity index (χ2n) is 6.40. The number of hydrogen-bond acceptors (Lipinski definition) is 4. The molecule has 2 fully saturated rings. The maximum atomic E-state index is 5.52. The number of hydrogen-bond donors (Lipinski definition) is 1. The minimum absolute atomic E-state index is 0.467. The van der Waals surface area contributed by atoms with Crippen LogP contribution in [-0.4, -0.2) is 23.2 Å². The molecule has 1 spiro atoms. The molecule has 1 saturated heterocycles. The van der Waals surface area contributed by atoms with Crippen molar-refractivity contribution in [2.75, 3.05) is 13.1 Å². The highest BCUT2D eigenvalue weighted by atomic mass is 16.5. The molecule has 2 heterocycles. The van der Waals surface area contributed by atoms with Gasteiger partial charge in [-0.15, -0.1) is 0 Å². The Bertz CT molecular complexity index is 602. The molecule has 1 aromatic heterocycles. The van der Waals surface area contributed by atoms with Crippen molar-refractivity contribution in [1.82, 2.24) is 15.5 Å². The van der Waals surface area contributed by atoms with Crippen molar-refractivity contribution < 1.29 is 4.52 Å². The van der Waals surface area contributed by atoms with Gasteiger partial charge in [0.05, 0.1) is 0 Å². The molecule has 2 aromatic rings. The van der Waals surface area contributed by atoms with Crippen molar-refractivity contribution in [1.29, 1.82) is 0 Å². The second-order valence-corrected chi connectivity index (χ2v) is 6.40. The zero-order valence-corrected chi connectivity index (χ0v) is 12.2. The van der Waals surface area contributed by atoms with Crippen LogP contribution in [-0.2, 0) is 12.8 Å². The van der Waals surface area contributed by atoms with Crippen molar-refractivity contribution in [3.63, 3.8) is 0 Å². The van der Waals surface area contributed by atoms with E-state index >= 15 is 0 Å². The third kappa shape index (κ3) is 2.60. The average Bonchev–Trinajstić information content (AvgIpc) is 3.02. The van der Waals surface area contributed by atoms with Gasteiger partial charge in [0.25, 0.3) is 0 Å². The Morgan fingerprint density at radius 2 is 1.95 bits per heavy atom. The Balaban J connectivity index is 1.38. The Morgan fingerprint density at radius 3 is 2.76 bits per heavy atom. The van der Waals surface area contributed by atoms with E-state index in [0.29, 0.717) is 11.3 Å². The van der Waals surface area contributed by atoms with Gasteiger partial charge >= 0.3 is 0 Å². The summed E-state index contributed by atoms with van der Waals surface area (Å²) in [5.41, 5.74) is 1.79. The molecule has 1 aliphatic carbocycles. The van der Waals surface area contributed by atoms with Crippen LogP contribution < -0.4 is 5.32 Å². The second kappa shape index (κ2) is 5.26. The van der Waals surface area contributed by atoms with Gasteiger partial charge in [-0.05, 0) is 49.8 Å². The van der Waals surface area contributed by atoms with Crippen molar-refractivity contribution in [3.8, 4) is 0 Å². The fourth-order valence-electron chi connectivity index (χ4n) is 3.59. The first-order chi connectivity index (χ1) is 10.4. The molecule has 0 bridgehead atoms. The van der Waals surface area contributed by atoms with E-state index in [4.69, 9.17) is 4.52 Å². The highest BCUT2D eigenvalue weighted by molar-refractivity contribution is 5.19. The van der Waals surface area contributed by atoms with Gasteiger partial charge in [0, 0.05) is 12.3 Å². The van der Waals surface area contributed by atoms with Gasteiger partial charge in [0.1, 0.15) is 0 Å². The van der Waals surface area contributed by atoms with Crippen LogP contribution in [0.5, 0.6) is 0 Å². The lowest BCUT2D eigenvalue weighted by atomic mass is 9.92.